The zero-order valence-corrected chi connectivity index (χ0v) is 19.8. The second kappa shape index (κ2) is 19.1. The van der Waals surface area contributed by atoms with Crippen molar-refractivity contribution >= 4 is 5.97 Å². The largest absolute Gasteiger partial charge is 0.425 e. The van der Waals surface area contributed by atoms with E-state index in [9.17, 15) is 4.79 Å². The summed E-state index contributed by atoms with van der Waals surface area (Å²) in [5, 5.41) is 0. The van der Waals surface area contributed by atoms with Crippen LogP contribution in [0, 0.1) is 0 Å². The van der Waals surface area contributed by atoms with Crippen molar-refractivity contribution in [3.05, 3.63) is 12.2 Å². The Balaban J connectivity index is 4.09. The molecule has 0 amide bonds. The molecule has 0 radical (unpaired) electrons. The summed E-state index contributed by atoms with van der Waals surface area (Å²) in [5.41, 5.74) is 0.273. The molecule has 0 aromatic rings. The Morgan fingerprint density at radius 1 is 0.690 bits per heavy atom. The molecule has 0 saturated heterocycles. The number of alkyl halides is 1. The summed E-state index contributed by atoms with van der Waals surface area (Å²) >= 11 is 0. The Labute approximate surface area is 181 Å². The van der Waals surface area contributed by atoms with Crippen LogP contribution in [0.2, 0.25) is 0 Å². The number of hydrogen-bond donors (Lipinski definition) is 0. The zero-order valence-electron chi connectivity index (χ0n) is 19.8. The summed E-state index contributed by atoms with van der Waals surface area (Å²) in [4.78, 5) is 11.9. The van der Waals surface area contributed by atoms with E-state index in [0.717, 1.165) is 38.5 Å². The maximum Gasteiger partial charge on any atom is 0.335 e. The minimum Gasteiger partial charge on any atom is -0.425 e. The molecule has 0 aliphatic rings. The van der Waals surface area contributed by atoms with Gasteiger partial charge in [0.1, 0.15) is 0 Å². The fourth-order valence-corrected chi connectivity index (χ4v) is 3.70. The summed E-state index contributed by atoms with van der Waals surface area (Å²) < 4.78 is 20.5. The molecule has 0 rings (SSSR count). The van der Waals surface area contributed by atoms with Crippen LogP contribution in [-0.2, 0) is 9.53 Å². The van der Waals surface area contributed by atoms with Gasteiger partial charge < -0.3 is 4.74 Å². The first-order valence-electron chi connectivity index (χ1n) is 12.5. The molecule has 1 atom stereocenters. The normalized spacial score (nSPS) is 13.2. The lowest BCUT2D eigenvalue weighted by atomic mass is 9.99. The number of carbonyl (C=O) groups excluding carboxylic acids is 1. The zero-order chi connectivity index (χ0) is 21.8. The smallest absolute Gasteiger partial charge is 0.335 e. The minimum atomic E-state index is -1.82. The standard InChI is InChI=1S/C26H49FO2/c1-5-7-9-11-13-15-17-19-21-23-26(27,29-25(28)24(3)4)22-20-18-16-14-12-10-8-6-2/h3,5-23H2,1-2,4H3. The van der Waals surface area contributed by atoms with E-state index < -0.39 is 11.8 Å². The van der Waals surface area contributed by atoms with E-state index in [4.69, 9.17) is 4.74 Å². The average Bonchev–Trinajstić information content (AvgIpc) is 2.68. The van der Waals surface area contributed by atoms with Crippen LogP contribution in [-0.4, -0.2) is 11.8 Å². The van der Waals surface area contributed by atoms with E-state index in [1.807, 2.05) is 0 Å². The molecule has 29 heavy (non-hydrogen) atoms. The molecule has 0 aromatic heterocycles. The molecular formula is C26H49FO2. The number of carbonyl (C=O) groups is 1. The third kappa shape index (κ3) is 17.7. The fraction of sp³-hybridized carbons (Fsp3) is 0.885. The summed E-state index contributed by atoms with van der Waals surface area (Å²) in [6.45, 7) is 9.63. The van der Waals surface area contributed by atoms with E-state index in [0.29, 0.717) is 12.8 Å². The molecular weight excluding hydrogens is 363 g/mol. The van der Waals surface area contributed by atoms with Crippen molar-refractivity contribution in [2.75, 3.05) is 0 Å². The first-order chi connectivity index (χ1) is 13.9. The first-order valence-corrected chi connectivity index (χ1v) is 12.5. The second-order valence-corrected chi connectivity index (χ2v) is 8.86. The fourth-order valence-electron chi connectivity index (χ4n) is 3.70. The molecule has 1 unspecified atom stereocenters. The van der Waals surface area contributed by atoms with Gasteiger partial charge in [0.15, 0.2) is 0 Å². The predicted molar refractivity (Wildman–Crippen MR) is 124 cm³/mol. The van der Waals surface area contributed by atoms with Crippen LogP contribution in [0.25, 0.3) is 0 Å². The van der Waals surface area contributed by atoms with E-state index >= 15 is 4.39 Å². The third-order valence-electron chi connectivity index (χ3n) is 5.68. The Morgan fingerprint density at radius 2 is 1.00 bits per heavy atom. The van der Waals surface area contributed by atoms with Crippen LogP contribution >= 0.6 is 0 Å². The van der Waals surface area contributed by atoms with Crippen LogP contribution in [0.3, 0.4) is 0 Å². The highest BCUT2D eigenvalue weighted by molar-refractivity contribution is 5.87. The Kier molecular flexibility index (Phi) is 18.6. The number of hydrogen-bond acceptors (Lipinski definition) is 2. The SMILES string of the molecule is C=C(C)C(=O)OC(F)(CCCCCCCCCC)CCCCCCCCCCC. The first kappa shape index (κ1) is 28.1. The van der Waals surface area contributed by atoms with Gasteiger partial charge in [-0.1, -0.05) is 117 Å². The van der Waals surface area contributed by atoms with Crippen LogP contribution in [0.1, 0.15) is 143 Å². The number of halogens is 1. The minimum absolute atomic E-state index is 0.273. The van der Waals surface area contributed by atoms with Gasteiger partial charge in [0.2, 0.25) is 0 Å². The van der Waals surface area contributed by atoms with Gasteiger partial charge in [-0.15, -0.1) is 0 Å². The van der Waals surface area contributed by atoms with Gasteiger partial charge in [-0.25, -0.2) is 4.79 Å². The van der Waals surface area contributed by atoms with Gasteiger partial charge in [0.25, 0.3) is 5.85 Å². The summed E-state index contributed by atoms with van der Waals surface area (Å²) in [6, 6.07) is 0. The molecule has 0 aliphatic carbocycles. The second-order valence-electron chi connectivity index (χ2n) is 8.86. The van der Waals surface area contributed by atoms with Crippen LogP contribution < -0.4 is 0 Å². The lowest BCUT2D eigenvalue weighted by Crippen LogP contribution is -2.30. The van der Waals surface area contributed by atoms with Crippen molar-refractivity contribution in [2.45, 2.75) is 149 Å². The van der Waals surface area contributed by atoms with Crippen molar-refractivity contribution < 1.29 is 13.9 Å². The van der Waals surface area contributed by atoms with Gasteiger partial charge in [-0.3, -0.25) is 0 Å². The predicted octanol–water partition coefficient (Wildman–Crippen LogP) is 9.22. The maximum absolute atomic E-state index is 15.3. The highest BCUT2D eigenvalue weighted by Crippen LogP contribution is 2.30. The van der Waals surface area contributed by atoms with E-state index in [1.165, 1.54) is 70.6 Å². The van der Waals surface area contributed by atoms with E-state index in [1.54, 1.807) is 6.92 Å². The summed E-state index contributed by atoms with van der Waals surface area (Å²) in [7, 11) is 0. The molecule has 0 N–H and O–H groups in total. The average molecular weight is 413 g/mol. The molecule has 172 valence electrons. The van der Waals surface area contributed by atoms with Gasteiger partial charge in [-0.2, -0.15) is 4.39 Å². The van der Waals surface area contributed by atoms with Gasteiger partial charge in [0.05, 0.1) is 0 Å². The molecule has 0 spiro atoms. The van der Waals surface area contributed by atoms with Crippen LogP contribution in [0.4, 0.5) is 4.39 Å². The molecule has 0 aromatic carbocycles. The molecule has 0 heterocycles. The lowest BCUT2D eigenvalue weighted by Gasteiger charge is -2.25. The number of ether oxygens (including phenoxy) is 1. The Bertz CT molecular complexity index is 408. The van der Waals surface area contributed by atoms with Gasteiger partial charge in [0, 0.05) is 18.4 Å². The van der Waals surface area contributed by atoms with Crippen molar-refractivity contribution in [3.8, 4) is 0 Å². The van der Waals surface area contributed by atoms with Crippen LogP contribution in [0.5, 0.6) is 0 Å². The quantitative estimate of drug-likeness (QED) is 0.107. The Morgan fingerprint density at radius 3 is 1.31 bits per heavy atom. The lowest BCUT2D eigenvalue weighted by molar-refractivity contribution is -0.182. The molecule has 0 fully saturated rings. The van der Waals surface area contributed by atoms with E-state index in [-0.39, 0.29) is 5.57 Å². The highest BCUT2D eigenvalue weighted by atomic mass is 19.2. The third-order valence-corrected chi connectivity index (χ3v) is 5.68. The van der Waals surface area contributed by atoms with Gasteiger partial charge in [-0.05, 0) is 19.8 Å². The highest BCUT2D eigenvalue weighted by Gasteiger charge is 2.33. The molecule has 0 bridgehead atoms. The summed E-state index contributed by atoms with van der Waals surface area (Å²) in [6.07, 6.45) is 20.7. The van der Waals surface area contributed by atoms with Crippen molar-refractivity contribution in [1.82, 2.24) is 0 Å². The number of unbranched alkanes of at least 4 members (excludes halogenated alkanes) is 15. The van der Waals surface area contributed by atoms with Crippen molar-refractivity contribution in [1.29, 1.82) is 0 Å². The molecule has 3 heteroatoms. The van der Waals surface area contributed by atoms with Gasteiger partial charge >= 0.3 is 5.97 Å². The molecule has 2 nitrogen and oxygen atoms in total. The van der Waals surface area contributed by atoms with Crippen molar-refractivity contribution in [2.24, 2.45) is 0 Å². The monoisotopic (exact) mass is 412 g/mol. The number of esters is 1. The molecule has 0 saturated carbocycles. The summed E-state index contributed by atoms with van der Waals surface area (Å²) in [5.74, 6) is -2.41. The maximum atomic E-state index is 15.3. The number of rotatable bonds is 21. The molecule has 0 aliphatic heterocycles. The van der Waals surface area contributed by atoms with E-state index in [2.05, 4.69) is 20.4 Å². The Hall–Kier alpha value is -0.860. The van der Waals surface area contributed by atoms with Crippen LogP contribution in [0.15, 0.2) is 12.2 Å². The van der Waals surface area contributed by atoms with Crippen molar-refractivity contribution in [3.63, 3.8) is 0 Å². The topological polar surface area (TPSA) is 26.3 Å².